The number of allylic oxidation sites excluding steroid dienone is 2. The minimum atomic E-state index is -1.03. The highest BCUT2D eigenvalue weighted by Gasteiger charge is 2.62. The van der Waals surface area contributed by atoms with Gasteiger partial charge in [0.25, 0.3) is 0 Å². The Kier molecular flexibility index (Phi) is 3.30. The minimum Gasteiger partial charge on any atom is -0.325 e. The van der Waals surface area contributed by atoms with Crippen molar-refractivity contribution < 1.29 is 14.4 Å². The maximum absolute atomic E-state index is 13.4. The number of benzene rings is 1. The first-order chi connectivity index (χ1) is 12.9. The molecule has 4 aliphatic rings. The van der Waals surface area contributed by atoms with Gasteiger partial charge in [0.1, 0.15) is 5.41 Å². The third-order valence-electron chi connectivity index (χ3n) is 6.52. The molecule has 2 fully saturated rings. The van der Waals surface area contributed by atoms with E-state index in [9.17, 15) is 14.4 Å². The summed E-state index contributed by atoms with van der Waals surface area (Å²) in [6, 6.07) is 7.07. The molecule has 27 heavy (non-hydrogen) atoms. The van der Waals surface area contributed by atoms with Crippen LogP contribution in [0, 0.1) is 11.8 Å². The van der Waals surface area contributed by atoms with Gasteiger partial charge in [-0.15, -0.1) is 0 Å². The monoisotopic (exact) mass is 362 g/mol. The fourth-order valence-corrected chi connectivity index (χ4v) is 5.37. The second kappa shape index (κ2) is 5.41. The van der Waals surface area contributed by atoms with Crippen LogP contribution < -0.4 is 5.32 Å². The Labute approximate surface area is 158 Å². The summed E-state index contributed by atoms with van der Waals surface area (Å²) in [6.07, 6.45) is 6.17. The number of hydrogen-bond acceptors (Lipinski definition) is 3. The first-order valence-electron chi connectivity index (χ1n) is 9.61. The van der Waals surface area contributed by atoms with Crippen molar-refractivity contribution in [2.24, 2.45) is 11.8 Å². The van der Waals surface area contributed by atoms with Crippen molar-refractivity contribution >= 4 is 23.3 Å². The molecule has 1 unspecified atom stereocenters. The molecule has 0 bridgehead atoms. The number of hydrogen-bond donors (Lipinski definition) is 1. The van der Waals surface area contributed by atoms with Crippen molar-refractivity contribution in [1.29, 1.82) is 0 Å². The van der Waals surface area contributed by atoms with Crippen LogP contribution in [-0.4, -0.2) is 28.5 Å². The quantitative estimate of drug-likeness (QED) is 0.781. The highest BCUT2D eigenvalue weighted by molar-refractivity contribution is 6.14. The van der Waals surface area contributed by atoms with E-state index in [2.05, 4.69) is 5.32 Å². The number of amides is 2. The van der Waals surface area contributed by atoms with Crippen LogP contribution in [-0.2, 0) is 19.8 Å². The van der Waals surface area contributed by atoms with Crippen LogP contribution in [0.4, 0.5) is 5.69 Å². The Morgan fingerprint density at radius 3 is 2.67 bits per heavy atom. The van der Waals surface area contributed by atoms with Crippen LogP contribution >= 0.6 is 0 Å². The van der Waals surface area contributed by atoms with Gasteiger partial charge in [-0.2, -0.15) is 0 Å². The molecular formula is C22H22N2O3. The van der Waals surface area contributed by atoms with Gasteiger partial charge in [-0.3, -0.25) is 14.4 Å². The van der Waals surface area contributed by atoms with Gasteiger partial charge in [-0.05, 0) is 44.4 Å². The van der Waals surface area contributed by atoms with Crippen LogP contribution in [0.3, 0.4) is 0 Å². The highest BCUT2D eigenvalue weighted by Crippen LogP contribution is 2.53. The zero-order valence-corrected chi connectivity index (χ0v) is 15.5. The number of rotatable bonds is 1. The lowest BCUT2D eigenvalue weighted by Gasteiger charge is -2.38. The molecule has 2 amide bonds. The first kappa shape index (κ1) is 16.5. The number of para-hydroxylation sites is 1. The normalized spacial score (nSPS) is 33.6. The summed E-state index contributed by atoms with van der Waals surface area (Å²) in [5.74, 6) is -0.600. The molecule has 1 saturated heterocycles. The molecule has 5 heteroatoms. The largest absolute Gasteiger partial charge is 0.325 e. The molecule has 138 valence electrons. The lowest BCUT2D eigenvalue weighted by Crippen LogP contribution is -2.54. The number of piperidine rings is 1. The smallest absolute Gasteiger partial charge is 0.241 e. The van der Waals surface area contributed by atoms with Crippen molar-refractivity contribution in [3.8, 4) is 0 Å². The summed E-state index contributed by atoms with van der Waals surface area (Å²) in [4.78, 5) is 41.4. The van der Waals surface area contributed by atoms with E-state index in [-0.39, 0.29) is 29.4 Å². The Balaban J connectivity index is 1.76. The predicted octanol–water partition coefficient (Wildman–Crippen LogP) is 2.94. The second-order valence-corrected chi connectivity index (χ2v) is 8.30. The molecule has 4 atom stereocenters. The summed E-state index contributed by atoms with van der Waals surface area (Å²) in [5.41, 5.74) is 1.99. The Morgan fingerprint density at radius 2 is 1.89 bits per heavy atom. The first-order valence-corrected chi connectivity index (χ1v) is 9.61. The number of nitrogens with one attached hydrogen (secondary N) is 1. The van der Waals surface area contributed by atoms with Gasteiger partial charge >= 0.3 is 0 Å². The number of carbonyl (C=O) groups is 3. The summed E-state index contributed by atoms with van der Waals surface area (Å²) < 4.78 is 0. The topological polar surface area (TPSA) is 66.5 Å². The maximum Gasteiger partial charge on any atom is 0.241 e. The van der Waals surface area contributed by atoms with Crippen molar-refractivity contribution in [3.05, 3.63) is 53.3 Å². The average Bonchev–Trinajstić information content (AvgIpc) is 3.31. The molecule has 3 aliphatic heterocycles. The lowest BCUT2D eigenvalue weighted by molar-refractivity contribution is -0.145. The second-order valence-electron chi connectivity index (χ2n) is 8.30. The Bertz CT molecular complexity index is 956. The van der Waals surface area contributed by atoms with E-state index in [1.807, 2.05) is 44.2 Å². The number of fused-ring (bicyclic) bond motifs is 4. The van der Waals surface area contributed by atoms with E-state index in [1.54, 1.807) is 11.0 Å². The van der Waals surface area contributed by atoms with Gasteiger partial charge in [-0.1, -0.05) is 36.3 Å². The molecular weight excluding hydrogens is 340 g/mol. The third kappa shape index (κ3) is 1.97. The third-order valence-corrected chi connectivity index (χ3v) is 6.52. The Hall–Kier alpha value is -2.69. The number of anilines is 1. The fraction of sp³-hybridized carbons (Fsp3) is 0.409. The van der Waals surface area contributed by atoms with Crippen LogP contribution in [0.25, 0.3) is 0 Å². The minimum absolute atomic E-state index is 0.0000869. The maximum atomic E-state index is 13.4. The van der Waals surface area contributed by atoms with E-state index >= 15 is 0 Å². The van der Waals surface area contributed by atoms with Crippen molar-refractivity contribution in [3.63, 3.8) is 0 Å². The van der Waals surface area contributed by atoms with Gasteiger partial charge < -0.3 is 10.2 Å². The summed E-state index contributed by atoms with van der Waals surface area (Å²) in [5, 5.41) is 2.96. The molecule has 0 aromatic heterocycles. The molecule has 1 aromatic carbocycles. The van der Waals surface area contributed by atoms with Gasteiger partial charge in [-0.25, -0.2) is 0 Å². The average molecular weight is 362 g/mol. The highest BCUT2D eigenvalue weighted by atomic mass is 16.2. The van der Waals surface area contributed by atoms with Gasteiger partial charge in [0.2, 0.25) is 11.8 Å². The van der Waals surface area contributed by atoms with Crippen LogP contribution in [0.1, 0.15) is 38.7 Å². The molecule has 3 heterocycles. The molecule has 1 spiro atoms. The van der Waals surface area contributed by atoms with Gasteiger partial charge in [0.15, 0.2) is 5.78 Å². The van der Waals surface area contributed by atoms with Crippen molar-refractivity contribution in [2.75, 3.05) is 5.32 Å². The lowest BCUT2D eigenvalue weighted by atomic mass is 9.75. The van der Waals surface area contributed by atoms with E-state index in [0.717, 1.165) is 36.1 Å². The van der Waals surface area contributed by atoms with E-state index in [0.29, 0.717) is 5.70 Å². The predicted molar refractivity (Wildman–Crippen MR) is 101 cm³/mol. The molecule has 5 rings (SSSR count). The molecule has 5 nitrogen and oxygen atoms in total. The molecule has 1 saturated carbocycles. The number of carbonyl (C=O) groups excluding carboxylic acids is 3. The van der Waals surface area contributed by atoms with Crippen LogP contribution in [0.5, 0.6) is 0 Å². The SMILES string of the molecule is CC(C)=C[C@@H]1N2C(=O)[C@@H]3CCCC3C(=O)C2=C[C@@]12C(=O)Nc1ccccc12. The van der Waals surface area contributed by atoms with E-state index in [4.69, 9.17) is 0 Å². The standard InChI is InChI=1S/C22H22N2O3/c1-12(2)10-18-22(15-8-3-4-9-16(15)23-21(22)27)11-17-19(25)13-6-5-7-14(13)20(26)24(17)18/h3-4,8-11,13-14,18H,5-7H2,1-2H3,(H,23,27)/t13?,14-,18+,22+/m1/s1. The van der Waals surface area contributed by atoms with Crippen LogP contribution in [0.15, 0.2) is 47.7 Å². The van der Waals surface area contributed by atoms with Crippen molar-refractivity contribution in [1.82, 2.24) is 4.90 Å². The molecule has 1 N–H and O–H groups in total. The Morgan fingerprint density at radius 1 is 1.15 bits per heavy atom. The van der Waals surface area contributed by atoms with Gasteiger partial charge in [0, 0.05) is 17.5 Å². The van der Waals surface area contributed by atoms with Gasteiger partial charge in [0.05, 0.1) is 11.7 Å². The molecule has 0 radical (unpaired) electrons. The zero-order valence-electron chi connectivity index (χ0n) is 15.5. The summed E-state index contributed by atoms with van der Waals surface area (Å²) in [7, 11) is 0. The van der Waals surface area contributed by atoms with E-state index in [1.165, 1.54) is 0 Å². The summed E-state index contributed by atoms with van der Waals surface area (Å²) in [6.45, 7) is 3.91. The van der Waals surface area contributed by atoms with Crippen molar-refractivity contribution in [2.45, 2.75) is 44.6 Å². The summed E-state index contributed by atoms with van der Waals surface area (Å²) >= 11 is 0. The zero-order chi connectivity index (χ0) is 18.9. The number of ketones is 1. The molecule has 1 aliphatic carbocycles. The number of Topliss-reactive ketones (excluding diaryl/α,β-unsaturated/α-hetero) is 1. The molecule has 1 aromatic rings. The van der Waals surface area contributed by atoms with E-state index < -0.39 is 11.5 Å². The number of nitrogens with zero attached hydrogens (tertiary/aromatic N) is 1. The fourth-order valence-electron chi connectivity index (χ4n) is 5.37. The van der Waals surface area contributed by atoms with Crippen LogP contribution in [0.2, 0.25) is 0 Å².